The van der Waals surface area contributed by atoms with Crippen molar-refractivity contribution < 1.29 is 0 Å². The summed E-state index contributed by atoms with van der Waals surface area (Å²) in [5, 5.41) is 0. The summed E-state index contributed by atoms with van der Waals surface area (Å²) < 4.78 is 0. The Hall–Kier alpha value is -0.780. The summed E-state index contributed by atoms with van der Waals surface area (Å²) in [7, 11) is 0. The van der Waals surface area contributed by atoms with Gasteiger partial charge in [0.15, 0.2) is 0 Å². The summed E-state index contributed by atoms with van der Waals surface area (Å²) >= 11 is 0. The Morgan fingerprint density at radius 3 is 1.83 bits per heavy atom. The van der Waals surface area contributed by atoms with Crippen LogP contribution in [-0.2, 0) is 0 Å². The molecule has 0 N–H and O–H groups in total. The lowest BCUT2D eigenvalue weighted by molar-refractivity contribution is 0.333. The second-order valence-electron chi connectivity index (χ2n) is 6.62. The smallest absolute Gasteiger partial charge is 0.0188 e. The Morgan fingerprint density at radius 1 is 0.722 bits per heavy atom. The predicted octanol–water partition coefficient (Wildman–Crippen LogP) is 5.89. The minimum absolute atomic E-state index is 0.687. The lowest BCUT2D eigenvalue weighted by Crippen LogP contribution is -2.08. The molecule has 0 aliphatic carbocycles. The highest BCUT2D eigenvalue weighted by Crippen LogP contribution is 2.28. The minimum Gasteiger partial charge on any atom is -0.0628 e. The Balaban J connectivity index is 2.38. The first-order valence-corrected chi connectivity index (χ1v) is 7.54. The number of hydrogen-bond donors (Lipinski definition) is 0. The van der Waals surface area contributed by atoms with E-state index in [2.05, 4.69) is 65.0 Å². The highest BCUT2D eigenvalue weighted by molar-refractivity contribution is 5.18. The van der Waals surface area contributed by atoms with Crippen LogP contribution in [-0.4, -0.2) is 0 Å². The Labute approximate surface area is 114 Å². The molecular weight excluding hydrogens is 216 g/mol. The molecule has 0 amide bonds. The van der Waals surface area contributed by atoms with Gasteiger partial charge in [0, 0.05) is 0 Å². The summed E-state index contributed by atoms with van der Waals surface area (Å²) in [6, 6.07) is 10.9. The number of rotatable bonds is 7. The van der Waals surface area contributed by atoms with Gasteiger partial charge in [-0.25, -0.2) is 0 Å². The largest absolute Gasteiger partial charge is 0.0628 e. The van der Waals surface area contributed by atoms with Crippen molar-refractivity contribution in [1.82, 2.24) is 0 Å². The molecule has 0 spiro atoms. The quantitative estimate of drug-likeness (QED) is 0.563. The molecule has 0 aliphatic heterocycles. The molecule has 0 aromatic heterocycles. The molecule has 0 aliphatic rings. The molecule has 0 fully saturated rings. The van der Waals surface area contributed by atoms with Crippen LogP contribution in [0.2, 0.25) is 0 Å². The van der Waals surface area contributed by atoms with E-state index >= 15 is 0 Å². The lowest BCUT2D eigenvalue weighted by atomic mass is 9.84. The van der Waals surface area contributed by atoms with E-state index in [1.165, 1.54) is 24.8 Å². The second kappa shape index (κ2) is 7.61. The molecule has 0 bridgehead atoms. The molecule has 0 nitrogen and oxygen atoms in total. The number of hydrogen-bond acceptors (Lipinski definition) is 0. The molecule has 18 heavy (non-hydrogen) atoms. The molecule has 1 aromatic carbocycles. The first kappa shape index (κ1) is 15.3. The molecule has 3 unspecified atom stereocenters. The molecular formula is C18H30. The third-order valence-electron chi connectivity index (χ3n) is 3.80. The predicted molar refractivity (Wildman–Crippen MR) is 81.9 cm³/mol. The fourth-order valence-electron chi connectivity index (χ4n) is 3.21. The van der Waals surface area contributed by atoms with Gasteiger partial charge in [-0.15, -0.1) is 0 Å². The van der Waals surface area contributed by atoms with Crippen molar-refractivity contribution in [1.29, 1.82) is 0 Å². The van der Waals surface area contributed by atoms with E-state index in [9.17, 15) is 0 Å². The van der Waals surface area contributed by atoms with Gasteiger partial charge in [-0.1, -0.05) is 65.0 Å². The number of benzene rings is 1. The van der Waals surface area contributed by atoms with Crippen molar-refractivity contribution in [3.63, 3.8) is 0 Å². The third-order valence-corrected chi connectivity index (χ3v) is 3.80. The summed E-state index contributed by atoms with van der Waals surface area (Å²) in [5.41, 5.74) is 1.49. The zero-order valence-electron chi connectivity index (χ0n) is 12.8. The van der Waals surface area contributed by atoms with Gasteiger partial charge >= 0.3 is 0 Å². The molecule has 0 saturated heterocycles. The molecule has 1 aromatic rings. The van der Waals surface area contributed by atoms with Crippen LogP contribution in [0.1, 0.15) is 65.4 Å². The lowest BCUT2D eigenvalue weighted by Gasteiger charge is -2.22. The molecule has 0 heterocycles. The normalized spacial score (nSPS) is 16.6. The first-order valence-electron chi connectivity index (χ1n) is 7.54. The highest BCUT2D eigenvalue weighted by atomic mass is 14.2. The van der Waals surface area contributed by atoms with Crippen LogP contribution in [0.25, 0.3) is 0 Å². The van der Waals surface area contributed by atoms with Crippen LogP contribution in [0.4, 0.5) is 0 Å². The average molecular weight is 246 g/mol. The molecule has 0 heteroatoms. The molecule has 3 atom stereocenters. The van der Waals surface area contributed by atoms with Gasteiger partial charge in [0.1, 0.15) is 0 Å². The van der Waals surface area contributed by atoms with Crippen LogP contribution in [0.15, 0.2) is 30.3 Å². The SMILES string of the molecule is CC(C)CC(C)CC(C)CC(C)c1ccccc1. The third kappa shape index (κ3) is 5.71. The Bertz CT molecular complexity index is 312. The maximum absolute atomic E-state index is 2.41. The van der Waals surface area contributed by atoms with Gasteiger partial charge in [-0.05, 0) is 48.5 Å². The minimum atomic E-state index is 0.687. The standard InChI is InChI=1S/C18H30/c1-14(2)11-15(3)12-16(4)13-17(5)18-9-7-6-8-10-18/h6-10,14-17H,11-13H2,1-5H3. The van der Waals surface area contributed by atoms with E-state index in [-0.39, 0.29) is 0 Å². The summed E-state index contributed by atoms with van der Waals surface area (Å²) in [6.45, 7) is 11.8. The van der Waals surface area contributed by atoms with Crippen LogP contribution < -0.4 is 0 Å². The van der Waals surface area contributed by atoms with E-state index in [0.29, 0.717) is 5.92 Å². The van der Waals surface area contributed by atoms with E-state index < -0.39 is 0 Å². The zero-order valence-corrected chi connectivity index (χ0v) is 12.8. The van der Waals surface area contributed by atoms with Crippen molar-refractivity contribution in [2.75, 3.05) is 0 Å². The van der Waals surface area contributed by atoms with Crippen molar-refractivity contribution >= 4 is 0 Å². The average Bonchev–Trinajstić information content (AvgIpc) is 2.28. The van der Waals surface area contributed by atoms with Gasteiger partial charge in [0.25, 0.3) is 0 Å². The Kier molecular flexibility index (Phi) is 6.46. The monoisotopic (exact) mass is 246 g/mol. The van der Waals surface area contributed by atoms with Gasteiger partial charge in [-0.3, -0.25) is 0 Å². The van der Waals surface area contributed by atoms with Crippen molar-refractivity contribution in [2.45, 2.75) is 59.8 Å². The maximum Gasteiger partial charge on any atom is -0.0188 e. The topological polar surface area (TPSA) is 0 Å². The fourth-order valence-corrected chi connectivity index (χ4v) is 3.21. The van der Waals surface area contributed by atoms with Gasteiger partial charge < -0.3 is 0 Å². The summed E-state index contributed by atoms with van der Waals surface area (Å²) in [6.07, 6.45) is 4.05. The van der Waals surface area contributed by atoms with Crippen LogP contribution >= 0.6 is 0 Å². The van der Waals surface area contributed by atoms with Gasteiger partial charge in [0.05, 0.1) is 0 Å². The molecule has 102 valence electrons. The molecule has 1 rings (SSSR count). The van der Waals surface area contributed by atoms with Crippen molar-refractivity contribution in [3.05, 3.63) is 35.9 Å². The zero-order chi connectivity index (χ0) is 13.5. The highest BCUT2D eigenvalue weighted by Gasteiger charge is 2.14. The fraction of sp³-hybridized carbons (Fsp3) is 0.667. The second-order valence-corrected chi connectivity index (χ2v) is 6.62. The van der Waals surface area contributed by atoms with Gasteiger partial charge in [-0.2, -0.15) is 0 Å². The molecule has 0 saturated carbocycles. The maximum atomic E-state index is 2.41. The van der Waals surface area contributed by atoms with E-state index in [1.807, 2.05) is 0 Å². The van der Waals surface area contributed by atoms with Crippen LogP contribution in [0, 0.1) is 17.8 Å². The van der Waals surface area contributed by atoms with Crippen LogP contribution in [0.3, 0.4) is 0 Å². The van der Waals surface area contributed by atoms with E-state index in [1.54, 1.807) is 0 Å². The molecule has 0 radical (unpaired) electrons. The Morgan fingerprint density at radius 2 is 1.28 bits per heavy atom. The van der Waals surface area contributed by atoms with E-state index in [0.717, 1.165) is 17.8 Å². The summed E-state index contributed by atoms with van der Waals surface area (Å²) in [5.74, 6) is 3.21. The van der Waals surface area contributed by atoms with Gasteiger partial charge in [0.2, 0.25) is 0 Å². The first-order chi connectivity index (χ1) is 8.49. The van der Waals surface area contributed by atoms with E-state index in [4.69, 9.17) is 0 Å². The van der Waals surface area contributed by atoms with Crippen molar-refractivity contribution in [2.24, 2.45) is 17.8 Å². The summed E-state index contributed by atoms with van der Waals surface area (Å²) in [4.78, 5) is 0. The van der Waals surface area contributed by atoms with Crippen LogP contribution in [0.5, 0.6) is 0 Å². The van der Waals surface area contributed by atoms with Crippen molar-refractivity contribution in [3.8, 4) is 0 Å².